The maximum absolute atomic E-state index is 10.7. The first-order chi connectivity index (χ1) is 8.16. The van der Waals surface area contributed by atoms with E-state index in [9.17, 15) is 15.2 Å². The molecule has 0 unspecified atom stereocenters. The van der Waals surface area contributed by atoms with Crippen molar-refractivity contribution in [3.8, 4) is 16.9 Å². The molecule has 0 aromatic heterocycles. The molecule has 0 spiro atoms. The summed E-state index contributed by atoms with van der Waals surface area (Å²) in [4.78, 5) is 10.3. The number of non-ortho nitro benzene ring substituents is 1. The predicted octanol–water partition coefficient (Wildman–Crippen LogP) is 2.87. The number of nitrogens with zero attached hydrogens (tertiary/aromatic N) is 1. The van der Waals surface area contributed by atoms with Crippen molar-refractivity contribution in [2.75, 3.05) is 0 Å². The molecule has 0 fully saturated rings. The highest BCUT2D eigenvalue weighted by atomic mass is 16.6. The summed E-state index contributed by atoms with van der Waals surface area (Å²) in [6, 6.07) is 10.2. The van der Waals surface area contributed by atoms with Crippen LogP contribution in [0.2, 0.25) is 0 Å². The van der Waals surface area contributed by atoms with Gasteiger partial charge in [0.05, 0.1) is 4.92 Å². The number of benzene rings is 2. The number of rotatable bonds is 1. The Morgan fingerprint density at radius 2 is 2.00 bits per heavy atom. The molecule has 1 aliphatic rings. The number of nitro benzene ring substituents is 1. The summed E-state index contributed by atoms with van der Waals surface area (Å²) in [6.07, 6.45) is 0.555. The molecule has 1 N–H and O–H groups in total. The summed E-state index contributed by atoms with van der Waals surface area (Å²) in [5.41, 5.74) is 3.78. The van der Waals surface area contributed by atoms with Crippen LogP contribution in [-0.2, 0) is 6.42 Å². The van der Waals surface area contributed by atoms with E-state index in [0.717, 1.165) is 22.3 Å². The summed E-state index contributed by atoms with van der Waals surface area (Å²) >= 11 is 0. The van der Waals surface area contributed by atoms with E-state index in [4.69, 9.17) is 0 Å². The van der Waals surface area contributed by atoms with Gasteiger partial charge in [0.25, 0.3) is 5.69 Å². The minimum atomic E-state index is -0.400. The van der Waals surface area contributed by atoms with Gasteiger partial charge in [0.1, 0.15) is 5.75 Å². The first-order valence-electron chi connectivity index (χ1n) is 5.25. The Morgan fingerprint density at radius 3 is 2.76 bits per heavy atom. The van der Waals surface area contributed by atoms with E-state index in [2.05, 4.69) is 0 Å². The summed E-state index contributed by atoms with van der Waals surface area (Å²) in [5, 5.41) is 20.4. The van der Waals surface area contributed by atoms with Gasteiger partial charge in [-0.1, -0.05) is 12.1 Å². The third kappa shape index (κ3) is 1.38. The van der Waals surface area contributed by atoms with Gasteiger partial charge in [-0.15, -0.1) is 0 Å². The van der Waals surface area contributed by atoms with E-state index in [0.29, 0.717) is 6.42 Å². The van der Waals surface area contributed by atoms with Crippen LogP contribution in [0.5, 0.6) is 5.75 Å². The first kappa shape index (κ1) is 9.84. The minimum Gasteiger partial charge on any atom is -0.508 e. The van der Waals surface area contributed by atoms with Crippen LogP contribution in [0.1, 0.15) is 11.1 Å². The van der Waals surface area contributed by atoms with Gasteiger partial charge in [-0.05, 0) is 28.8 Å². The van der Waals surface area contributed by atoms with Crippen molar-refractivity contribution in [2.45, 2.75) is 6.42 Å². The molecule has 0 saturated carbocycles. The molecular weight excluding hydrogens is 218 g/mol. The molecule has 0 heterocycles. The Hall–Kier alpha value is -2.36. The molecule has 2 aromatic carbocycles. The summed E-state index contributed by atoms with van der Waals surface area (Å²) < 4.78 is 0. The van der Waals surface area contributed by atoms with Crippen LogP contribution in [0.25, 0.3) is 11.1 Å². The summed E-state index contributed by atoms with van der Waals surface area (Å²) in [5.74, 6) is 0.251. The maximum Gasteiger partial charge on any atom is 0.269 e. The normalized spacial score (nSPS) is 12.0. The third-order valence-electron chi connectivity index (χ3n) is 3.11. The predicted molar refractivity (Wildman–Crippen MR) is 63.0 cm³/mol. The Bertz CT molecular complexity index is 635. The van der Waals surface area contributed by atoms with Crippen molar-refractivity contribution >= 4 is 5.69 Å². The Morgan fingerprint density at radius 1 is 1.18 bits per heavy atom. The maximum atomic E-state index is 10.7. The number of hydrogen-bond donors (Lipinski definition) is 1. The highest BCUT2D eigenvalue weighted by molar-refractivity contribution is 5.79. The highest BCUT2D eigenvalue weighted by Crippen LogP contribution is 2.41. The van der Waals surface area contributed by atoms with Crippen LogP contribution < -0.4 is 0 Å². The van der Waals surface area contributed by atoms with Crippen LogP contribution in [0, 0.1) is 10.1 Å². The summed E-state index contributed by atoms with van der Waals surface area (Å²) in [6.45, 7) is 0. The quantitative estimate of drug-likeness (QED) is 0.513. The molecule has 3 rings (SSSR count). The zero-order valence-electron chi connectivity index (χ0n) is 8.88. The average molecular weight is 227 g/mol. The van der Waals surface area contributed by atoms with Gasteiger partial charge in [-0.25, -0.2) is 0 Å². The fourth-order valence-corrected chi connectivity index (χ4v) is 2.31. The first-order valence-corrected chi connectivity index (χ1v) is 5.25. The second-order valence-corrected chi connectivity index (χ2v) is 4.08. The lowest BCUT2D eigenvalue weighted by Crippen LogP contribution is -1.89. The number of hydrogen-bond acceptors (Lipinski definition) is 3. The van der Waals surface area contributed by atoms with E-state index in [-0.39, 0.29) is 11.4 Å². The van der Waals surface area contributed by atoms with Gasteiger partial charge in [0.2, 0.25) is 0 Å². The molecular formula is C13H9NO3. The van der Waals surface area contributed by atoms with Gasteiger partial charge >= 0.3 is 0 Å². The van der Waals surface area contributed by atoms with Crippen LogP contribution >= 0.6 is 0 Å². The van der Waals surface area contributed by atoms with Crippen molar-refractivity contribution < 1.29 is 10.0 Å². The second-order valence-electron chi connectivity index (χ2n) is 4.08. The zero-order chi connectivity index (χ0) is 12.0. The molecule has 4 nitrogen and oxygen atoms in total. The molecule has 2 aromatic rings. The van der Waals surface area contributed by atoms with Gasteiger partial charge in [-0.3, -0.25) is 10.1 Å². The minimum absolute atomic E-state index is 0.0936. The number of phenolic OH excluding ortho intramolecular Hbond substituents is 1. The van der Waals surface area contributed by atoms with E-state index >= 15 is 0 Å². The van der Waals surface area contributed by atoms with Crippen molar-refractivity contribution in [3.05, 3.63) is 57.6 Å². The number of nitro groups is 1. The van der Waals surface area contributed by atoms with Crippen LogP contribution in [-0.4, -0.2) is 10.0 Å². The molecule has 0 bridgehead atoms. The third-order valence-corrected chi connectivity index (χ3v) is 3.11. The van der Waals surface area contributed by atoms with E-state index in [1.54, 1.807) is 24.3 Å². The molecule has 0 atom stereocenters. The number of fused-ring (bicyclic) bond motifs is 3. The lowest BCUT2D eigenvalue weighted by atomic mass is 10.1. The standard InChI is InChI=1S/C13H9NO3/c15-13-3-1-2-11-10-5-4-9(14(16)17)6-8(10)7-12(11)13/h1-6,15H,7H2. The monoisotopic (exact) mass is 227 g/mol. The SMILES string of the molecule is O=[N+]([O-])c1ccc2c(c1)Cc1c(O)cccc1-2. The van der Waals surface area contributed by atoms with Crippen LogP contribution in [0.15, 0.2) is 36.4 Å². The van der Waals surface area contributed by atoms with Crippen molar-refractivity contribution in [1.82, 2.24) is 0 Å². The topological polar surface area (TPSA) is 63.4 Å². The van der Waals surface area contributed by atoms with Gasteiger partial charge in [0.15, 0.2) is 0 Å². The fraction of sp³-hybridized carbons (Fsp3) is 0.0769. The zero-order valence-corrected chi connectivity index (χ0v) is 8.88. The molecule has 0 saturated heterocycles. The molecule has 84 valence electrons. The lowest BCUT2D eigenvalue weighted by Gasteiger charge is -2.01. The van der Waals surface area contributed by atoms with Crippen molar-refractivity contribution in [2.24, 2.45) is 0 Å². The summed E-state index contributed by atoms with van der Waals surface area (Å²) in [7, 11) is 0. The molecule has 0 radical (unpaired) electrons. The molecule has 4 heteroatoms. The largest absolute Gasteiger partial charge is 0.508 e. The average Bonchev–Trinajstić information content (AvgIpc) is 2.68. The van der Waals surface area contributed by atoms with Gasteiger partial charge < -0.3 is 5.11 Å². The highest BCUT2D eigenvalue weighted by Gasteiger charge is 2.22. The molecule has 0 aliphatic heterocycles. The van der Waals surface area contributed by atoms with Gasteiger partial charge in [-0.2, -0.15) is 0 Å². The molecule has 0 amide bonds. The van der Waals surface area contributed by atoms with E-state index in [1.165, 1.54) is 6.07 Å². The van der Waals surface area contributed by atoms with E-state index < -0.39 is 4.92 Å². The number of aromatic hydroxyl groups is 1. The molecule has 17 heavy (non-hydrogen) atoms. The smallest absolute Gasteiger partial charge is 0.269 e. The van der Waals surface area contributed by atoms with Crippen molar-refractivity contribution in [1.29, 1.82) is 0 Å². The Balaban J connectivity index is 2.19. The fourth-order valence-electron chi connectivity index (χ4n) is 2.31. The number of phenols is 1. The second kappa shape index (κ2) is 3.31. The van der Waals surface area contributed by atoms with Crippen LogP contribution in [0.4, 0.5) is 5.69 Å². The van der Waals surface area contributed by atoms with Crippen molar-refractivity contribution in [3.63, 3.8) is 0 Å². The Labute approximate surface area is 97.3 Å². The van der Waals surface area contributed by atoms with E-state index in [1.807, 2.05) is 6.07 Å². The van der Waals surface area contributed by atoms with Gasteiger partial charge in [0, 0.05) is 24.1 Å². The van der Waals surface area contributed by atoms with Crippen LogP contribution in [0.3, 0.4) is 0 Å². The molecule has 1 aliphatic carbocycles. The lowest BCUT2D eigenvalue weighted by molar-refractivity contribution is -0.384. The Kier molecular flexibility index (Phi) is 1.92.